The van der Waals surface area contributed by atoms with E-state index in [1.54, 1.807) is 17.0 Å². The Labute approximate surface area is 136 Å². The van der Waals surface area contributed by atoms with Crippen molar-refractivity contribution in [2.45, 2.75) is 13.0 Å². The van der Waals surface area contributed by atoms with Crippen LogP contribution >= 0.6 is 0 Å². The predicted octanol–water partition coefficient (Wildman–Crippen LogP) is 1.82. The molecule has 124 valence electrons. The number of nitriles is 1. The van der Waals surface area contributed by atoms with Crippen molar-refractivity contribution in [3.8, 4) is 6.07 Å². The van der Waals surface area contributed by atoms with Crippen molar-refractivity contribution >= 4 is 5.91 Å². The molecule has 0 aliphatic carbocycles. The molecule has 2 rings (SSSR count). The number of hydrogen-bond acceptors (Lipinski definition) is 4. The van der Waals surface area contributed by atoms with E-state index >= 15 is 0 Å². The van der Waals surface area contributed by atoms with Crippen molar-refractivity contribution in [2.75, 3.05) is 39.8 Å². The monoisotopic (exact) mass is 319 g/mol. The molecular formula is C17H22FN3O2. The number of carbonyl (C=O) groups excluding carboxylic acids is 1. The first-order valence-electron chi connectivity index (χ1n) is 7.72. The smallest absolute Gasteiger partial charge is 0.236 e. The van der Waals surface area contributed by atoms with Gasteiger partial charge in [-0.25, -0.2) is 4.39 Å². The molecule has 23 heavy (non-hydrogen) atoms. The van der Waals surface area contributed by atoms with Crippen molar-refractivity contribution in [2.24, 2.45) is 5.92 Å². The first-order chi connectivity index (χ1) is 11.0. The SMILES string of the molecule is C[C@@H](C#N)CN(C)CC(=O)N1CCO[C@H](c2ccc(F)cc2)C1. The van der Waals surface area contributed by atoms with Crippen LogP contribution in [0.1, 0.15) is 18.6 Å². The summed E-state index contributed by atoms with van der Waals surface area (Å²) in [5.74, 6) is -0.372. The lowest BCUT2D eigenvalue weighted by Crippen LogP contribution is -2.46. The average Bonchev–Trinajstić information content (AvgIpc) is 2.55. The van der Waals surface area contributed by atoms with Gasteiger partial charge in [0.15, 0.2) is 0 Å². The molecule has 1 aliphatic rings. The minimum atomic E-state index is -0.286. The Morgan fingerprint density at radius 2 is 2.22 bits per heavy atom. The summed E-state index contributed by atoms with van der Waals surface area (Å²) in [7, 11) is 1.84. The fourth-order valence-electron chi connectivity index (χ4n) is 2.66. The number of rotatable bonds is 5. The van der Waals surface area contributed by atoms with Crippen LogP contribution in [-0.4, -0.2) is 55.5 Å². The van der Waals surface area contributed by atoms with Crippen LogP contribution in [-0.2, 0) is 9.53 Å². The average molecular weight is 319 g/mol. The maximum Gasteiger partial charge on any atom is 0.236 e. The Kier molecular flexibility index (Phi) is 6.08. The zero-order chi connectivity index (χ0) is 16.8. The number of carbonyl (C=O) groups is 1. The summed E-state index contributed by atoms with van der Waals surface area (Å²) in [6, 6.07) is 8.34. The Hall–Kier alpha value is -1.97. The molecule has 1 aliphatic heterocycles. The van der Waals surface area contributed by atoms with E-state index in [-0.39, 0.29) is 30.3 Å². The Morgan fingerprint density at radius 3 is 2.87 bits per heavy atom. The molecule has 1 aromatic rings. The number of morpholine rings is 1. The molecule has 2 atom stereocenters. The van der Waals surface area contributed by atoms with Gasteiger partial charge in [-0.05, 0) is 31.7 Å². The van der Waals surface area contributed by atoms with Crippen LogP contribution < -0.4 is 0 Å². The normalized spacial score (nSPS) is 19.4. The van der Waals surface area contributed by atoms with Crippen molar-refractivity contribution in [3.05, 3.63) is 35.6 Å². The fraction of sp³-hybridized carbons (Fsp3) is 0.529. The van der Waals surface area contributed by atoms with Crippen LogP contribution in [0.5, 0.6) is 0 Å². The number of amides is 1. The van der Waals surface area contributed by atoms with E-state index in [0.29, 0.717) is 26.2 Å². The number of hydrogen-bond donors (Lipinski definition) is 0. The van der Waals surface area contributed by atoms with E-state index in [1.165, 1.54) is 12.1 Å². The Morgan fingerprint density at radius 1 is 1.52 bits per heavy atom. The molecule has 5 nitrogen and oxygen atoms in total. The Balaban J connectivity index is 1.91. The molecule has 1 fully saturated rings. The van der Waals surface area contributed by atoms with E-state index in [1.807, 2.05) is 18.9 Å². The maximum atomic E-state index is 13.0. The van der Waals surface area contributed by atoms with Gasteiger partial charge in [0, 0.05) is 13.1 Å². The van der Waals surface area contributed by atoms with Gasteiger partial charge in [-0.2, -0.15) is 5.26 Å². The second-order valence-corrected chi connectivity index (χ2v) is 5.98. The number of benzene rings is 1. The third-order valence-electron chi connectivity index (χ3n) is 3.87. The van der Waals surface area contributed by atoms with Gasteiger partial charge in [-0.3, -0.25) is 9.69 Å². The standard InChI is InChI=1S/C17H22FN3O2/c1-13(9-19)10-20(2)12-17(22)21-7-8-23-16(11-21)14-3-5-15(18)6-4-14/h3-6,13,16H,7-8,10-12H2,1-2H3/t13-,16-/m0/s1. The molecule has 0 bridgehead atoms. The van der Waals surface area contributed by atoms with Crippen LogP contribution in [0.25, 0.3) is 0 Å². The minimum Gasteiger partial charge on any atom is -0.370 e. The number of nitrogens with zero attached hydrogens (tertiary/aromatic N) is 3. The third kappa shape index (κ3) is 5.02. The van der Waals surface area contributed by atoms with Crippen LogP contribution in [0.2, 0.25) is 0 Å². The highest BCUT2D eigenvalue weighted by molar-refractivity contribution is 5.78. The van der Waals surface area contributed by atoms with Crippen molar-refractivity contribution in [3.63, 3.8) is 0 Å². The summed E-state index contributed by atoms with van der Waals surface area (Å²) < 4.78 is 18.7. The molecule has 0 radical (unpaired) electrons. The van der Waals surface area contributed by atoms with Crippen LogP contribution in [0.4, 0.5) is 4.39 Å². The number of likely N-dealkylation sites (N-methyl/N-ethyl adjacent to an activating group) is 1. The molecule has 0 aromatic heterocycles. The van der Waals surface area contributed by atoms with Crippen LogP contribution in [0.15, 0.2) is 24.3 Å². The van der Waals surface area contributed by atoms with E-state index in [0.717, 1.165) is 5.56 Å². The van der Waals surface area contributed by atoms with Gasteiger partial charge in [0.05, 0.1) is 31.7 Å². The lowest BCUT2D eigenvalue weighted by Gasteiger charge is -2.34. The Bertz CT molecular complexity index is 570. The third-order valence-corrected chi connectivity index (χ3v) is 3.87. The summed E-state index contributed by atoms with van der Waals surface area (Å²) in [5.41, 5.74) is 0.871. The topological polar surface area (TPSA) is 56.6 Å². The van der Waals surface area contributed by atoms with Crippen molar-refractivity contribution in [1.29, 1.82) is 5.26 Å². The number of halogens is 1. The van der Waals surface area contributed by atoms with E-state index in [4.69, 9.17) is 10.00 Å². The number of ether oxygens (including phenoxy) is 1. The zero-order valence-electron chi connectivity index (χ0n) is 13.5. The van der Waals surface area contributed by atoms with Gasteiger partial charge >= 0.3 is 0 Å². The zero-order valence-corrected chi connectivity index (χ0v) is 13.5. The molecule has 0 spiro atoms. The highest BCUT2D eigenvalue weighted by Crippen LogP contribution is 2.22. The minimum absolute atomic E-state index is 0.0213. The first-order valence-corrected chi connectivity index (χ1v) is 7.72. The van der Waals surface area contributed by atoms with Crippen molar-refractivity contribution < 1.29 is 13.9 Å². The van der Waals surface area contributed by atoms with Crippen LogP contribution in [0, 0.1) is 23.1 Å². The summed E-state index contributed by atoms with van der Waals surface area (Å²) in [5, 5.41) is 8.83. The molecule has 1 heterocycles. The highest BCUT2D eigenvalue weighted by atomic mass is 19.1. The molecule has 1 aromatic carbocycles. The van der Waals surface area contributed by atoms with Gasteiger partial charge in [0.25, 0.3) is 0 Å². The second kappa shape index (κ2) is 8.04. The summed E-state index contributed by atoms with van der Waals surface area (Å²) in [4.78, 5) is 16.0. The molecule has 0 unspecified atom stereocenters. The van der Waals surface area contributed by atoms with Gasteiger partial charge in [0.1, 0.15) is 11.9 Å². The van der Waals surface area contributed by atoms with Gasteiger partial charge in [-0.1, -0.05) is 12.1 Å². The van der Waals surface area contributed by atoms with Gasteiger partial charge in [-0.15, -0.1) is 0 Å². The summed E-state index contributed by atoms with van der Waals surface area (Å²) in [6.07, 6.45) is -0.225. The van der Waals surface area contributed by atoms with E-state index < -0.39 is 0 Å². The molecule has 0 N–H and O–H groups in total. The predicted molar refractivity (Wildman–Crippen MR) is 83.9 cm³/mol. The molecule has 1 amide bonds. The molecule has 6 heteroatoms. The quantitative estimate of drug-likeness (QED) is 0.831. The molecule has 0 saturated carbocycles. The van der Waals surface area contributed by atoms with Gasteiger partial charge < -0.3 is 9.64 Å². The van der Waals surface area contributed by atoms with Gasteiger partial charge in [0.2, 0.25) is 5.91 Å². The van der Waals surface area contributed by atoms with Crippen LogP contribution in [0.3, 0.4) is 0 Å². The lowest BCUT2D eigenvalue weighted by molar-refractivity contribution is -0.140. The molecule has 1 saturated heterocycles. The summed E-state index contributed by atoms with van der Waals surface area (Å²) >= 11 is 0. The summed E-state index contributed by atoms with van der Waals surface area (Å²) in [6.45, 7) is 4.16. The van der Waals surface area contributed by atoms with E-state index in [2.05, 4.69) is 6.07 Å². The van der Waals surface area contributed by atoms with E-state index in [9.17, 15) is 9.18 Å². The maximum absolute atomic E-state index is 13.0. The first kappa shape index (κ1) is 17.4. The highest BCUT2D eigenvalue weighted by Gasteiger charge is 2.26. The largest absolute Gasteiger partial charge is 0.370 e. The molecular weight excluding hydrogens is 297 g/mol. The van der Waals surface area contributed by atoms with Crippen molar-refractivity contribution in [1.82, 2.24) is 9.80 Å². The fourth-order valence-corrected chi connectivity index (χ4v) is 2.66. The lowest BCUT2D eigenvalue weighted by atomic mass is 10.1. The second-order valence-electron chi connectivity index (χ2n) is 5.98.